The van der Waals surface area contributed by atoms with Crippen LogP contribution in [0.3, 0.4) is 0 Å². The van der Waals surface area contributed by atoms with Gasteiger partial charge in [-0.15, -0.1) is 13.2 Å². The second-order valence-corrected chi connectivity index (χ2v) is 7.69. The fourth-order valence-corrected chi connectivity index (χ4v) is 3.83. The maximum atomic E-state index is 13.4. The fourth-order valence-electron chi connectivity index (χ4n) is 3.83. The summed E-state index contributed by atoms with van der Waals surface area (Å²) in [4.78, 5) is 20.1. The maximum Gasteiger partial charge on any atom is 0.573 e. The van der Waals surface area contributed by atoms with E-state index in [1.165, 1.54) is 35.5 Å². The smallest absolute Gasteiger partial charge is 0.406 e. The summed E-state index contributed by atoms with van der Waals surface area (Å²) in [7, 11) is 0. The van der Waals surface area contributed by atoms with E-state index in [0.717, 1.165) is 18.2 Å². The molecule has 0 saturated heterocycles. The lowest BCUT2D eigenvalue weighted by molar-refractivity contribution is -0.274. The summed E-state index contributed by atoms with van der Waals surface area (Å²) in [6.45, 7) is 3.17. The molecule has 1 aromatic heterocycles. The Labute approximate surface area is 190 Å². The van der Waals surface area contributed by atoms with Gasteiger partial charge in [0.15, 0.2) is 0 Å². The Morgan fingerprint density at radius 2 is 1.53 bits per heavy atom. The first kappa shape index (κ1) is 23.4. The molecule has 0 radical (unpaired) electrons. The SMILES string of the molecule is Cc1cnccc1N1CN(c2ccc(OC(F)(F)F)cc2C)c2ccc(C(F)(F)F)cc2C1=O. The fraction of sp³-hybridized carbons (Fsp3) is 0.217. The predicted octanol–water partition coefficient (Wildman–Crippen LogP) is 6.37. The third-order valence-electron chi connectivity index (χ3n) is 5.35. The highest BCUT2D eigenvalue weighted by Crippen LogP contribution is 2.41. The molecule has 11 heteroatoms. The van der Waals surface area contributed by atoms with Crippen LogP contribution in [0.1, 0.15) is 27.0 Å². The van der Waals surface area contributed by atoms with E-state index in [9.17, 15) is 31.1 Å². The molecule has 0 spiro atoms. The van der Waals surface area contributed by atoms with E-state index >= 15 is 0 Å². The molecular formula is C23H17F6N3O2. The van der Waals surface area contributed by atoms with Crippen molar-refractivity contribution in [2.75, 3.05) is 16.5 Å². The number of anilines is 3. The lowest BCUT2D eigenvalue weighted by Crippen LogP contribution is -2.45. The van der Waals surface area contributed by atoms with Gasteiger partial charge < -0.3 is 9.64 Å². The van der Waals surface area contributed by atoms with Gasteiger partial charge in [-0.3, -0.25) is 14.7 Å². The Kier molecular flexibility index (Phi) is 5.66. The molecule has 0 saturated carbocycles. The summed E-state index contributed by atoms with van der Waals surface area (Å²) in [5.74, 6) is -1.07. The van der Waals surface area contributed by atoms with Gasteiger partial charge in [0.25, 0.3) is 5.91 Å². The van der Waals surface area contributed by atoms with Crippen LogP contribution >= 0.6 is 0 Å². The molecule has 0 unspecified atom stereocenters. The highest BCUT2D eigenvalue weighted by molar-refractivity contribution is 6.13. The first-order valence-corrected chi connectivity index (χ1v) is 9.93. The van der Waals surface area contributed by atoms with E-state index in [1.807, 2.05) is 0 Å². The summed E-state index contributed by atoms with van der Waals surface area (Å²) in [6.07, 6.45) is -6.57. The Balaban J connectivity index is 1.85. The third-order valence-corrected chi connectivity index (χ3v) is 5.35. The number of aromatic nitrogens is 1. The summed E-state index contributed by atoms with van der Waals surface area (Å²) in [5.41, 5.74) is 0.868. The van der Waals surface area contributed by atoms with Crippen LogP contribution in [0.15, 0.2) is 54.9 Å². The molecule has 0 fully saturated rings. The molecule has 2 aromatic carbocycles. The Morgan fingerprint density at radius 1 is 0.853 bits per heavy atom. The van der Waals surface area contributed by atoms with Crippen LogP contribution in [0, 0.1) is 13.8 Å². The van der Waals surface area contributed by atoms with Crippen molar-refractivity contribution in [2.45, 2.75) is 26.4 Å². The first-order chi connectivity index (χ1) is 15.8. The van der Waals surface area contributed by atoms with Crippen molar-refractivity contribution >= 4 is 23.0 Å². The van der Waals surface area contributed by atoms with Crippen molar-refractivity contribution in [1.82, 2.24) is 4.98 Å². The zero-order chi connectivity index (χ0) is 24.8. The minimum Gasteiger partial charge on any atom is -0.406 e. The Morgan fingerprint density at radius 3 is 2.15 bits per heavy atom. The molecule has 4 rings (SSSR count). The van der Waals surface area contributed by atoms with Crippen LogP contribution in [0.5, 0.6) is 5.75 Å². The van der Waals surface area contributed by atoms with Crippen molar-refractivity contribution in [3.63, 3.8) is 0 Å². The van der Waals surface area contributed by atoms with Gasteiger partial charge in [0, 0.05) is 18.1 Å². The molecule has 1 amide bonds. The molecule has 2 heterocycles. The van der Waals surface area contributed by atoms with Crippen molar-refractivity contribution in [3.8, 4) is 5.75 Å². The standard InChI is InChI=1S/C23H17F6N3O2/c1-13-9-16(34-23(27,28)29)4-6-18(13)31-12-32(19-7-8-30-11-14(19)2)21(33)17-10-15(22(24,25)26)3-5-20(17)31/h3-11H,12H2,1-2H3. The molecule has 34 heavy (non-hydrogen) atoms. The molecule has 0 aliphatic carbocycles. The Bertz CT molecular complexity index is 1260. The maximum absolute atomic E-state index is 13.4. The molecule has 0 bridgehead atoms. The number of hydrogen-bond acceptors (Lipinski definition) is 4. The average Bonchev–Trinajstić information content (AvgIpc) is 2.73. The van der Waals surface area contributed by atoms with E-state index in [-0.39, 0.29) is 17.9 Å². The number of hydrogen-bond donors (Lipinski definition) is 0. The van der Waals surface area contributed by atoms with E-state index < -0.39 is 29.8 Å². The second-order valence-electron chi connectivity index (χ2n) is 7.69. The van der Waals surface area contributed by atoms with Gasteiger partial charge in [0.05, 0.1) is 22.5 Å². The molecule has 0 atom stereocenters. The number of fused-ring (bicyclic) bond motifs is 1. The normalized spacial score (nSPS) is 14.3. The van der Waals surface area contributed by atoms with Gasteiger partial charge >= 0.3 is 12.5 Å². The lowest BCUT2D eigenvalue weighted by atomic mass is 10.0. The average molecular weight is 481 g/mol. The van der Waals surface area contributed by atoms with E-state index in [0.29, 0.717) is 22.5 Å². The van der Waals surface area contributed by atoms with Crippen LogP contribution in [0.2, 0.25) is 0 Å². The number of halogens is 6. The van der Waals surface area contributed by atoms with Crippen LogP contribution in [-0.4, -0.2) is 23.9 Å². The van der Waals surface area contributed by atoms with Crippen LogP contribution in [0.4, 0.5) is 43.4 Å². The number of nitrogens with zero attached hydrogens (tertiary/aromatic N) is 3. The van der Waals surface area contributed by atoms with E-state index in [2.05, 4.69) is 9.72 Å². The number of benzene rings is 2. The number of pyridine rings is 1. The van der Waals surface area contributed by atoms with Gasteiger partial charge in [-0.2, -0.15) is 13.2 Å². The van der Waals surface area contributed by atoms with Crippen LogP contribution in [-0.2, 0) is 6.18 Å². The van der Waals surface area contributed by atoms with Gasteiger partial charge in [0.2, 0.25) is 0 Å². The molecule has 0 N–H and O–H groups in total. The number of alkyl halides is 6. The minimum absolute atomic E-state index is 0.0810. The topological polar surface area (TPSA) is 45.7 Å². The number of carbonyl (C=O) groups is 1. The zero-order valence-corrected chi connectivity index (χ0v) is 17.8. The van der Waals surface area contributed by atoms with Crippen LogP contribution in [0.25, 0.3) is 0 Å². The van der Waals surface area contributed by atoms with Gasteiger partial charge in [-0.25, -0.2) is 0 Å². The number of rotatable bonds is 3. The number of amides is 1. The highest BCUT2D eigenvalue weighted by Gasteiger charge is 2.37. The van der Waals surface area contributed by atoms with Crippen molar-refractivity contribution in [1.29, 1.82) is 0 Å². The van der Waals surface area contributed by atoms with E-state index in [1.54, 1.807) is 24.8 Å². The summed E-state index contributed by atoms with van der Waals surface area (Å²) < 4.78 is 81.9. The van der Waals surface area contributed by atoms with Crippen molar-refractivity contribution < 1.29 is 35.9 Å². The predicted molar refractivity (Wildman–Crippen MR) is 112 cm³/mol. The number of aryl methyl sites for hydroxylation is 2. The molecule has 178 valence electrons. The van der Waals surface area contributed by atoms with Gasteiger partial charge in [-0.1, -0.05) is 0 Å². The monoisotopic (exact) mass is 481 g/mol. The zero-order valence-electron chi connectivity index (χ0n) is 17.8. The van der Waals surface area contributed by atoms with Gasteiger partial charge in [-0.05, 0) is 67.4 Å². The summed E-state index contributed by atoms with van der Waals surface area (Å²) in [5, 5.41) is 0. The quantitative estimate of drug-likeness (QED) is 0.408. The third kappa shape index (κ3) is 4.50. The Hall–Kier alpha value is -3.76. The summed E-state index contributed by atoms with van der Waals surface area (Å²) >= 11 is 0. The molecular weight excluding hydrogens is 464 g/mol. The van der Waals surface area contributed by atoms with Crippen LogP contribution < -0.4 is 14.5 Å². The van der Waals surface area contributed by atoms with Gasteiger partial charge in [0.1, 0.15) is 12.4 Å². The molecule has 1 aliphatic rings. The molecule has 5 nitrogen and oxygen atoms in total. The lowest BCUT2D eigenvalue weighted by Gasteiger charge is -2.39. The number of carbonyl (C=O) groups excluding carboxylic acids is 1. The number of ether oxygens (including phenoxy) is 1. The van der Waals surface area contributed by atoms with Crippen molar-refractivity contribution in [2.24, 2.45) is 0 Å². The highest BCUT2D eigenvalue weighted by atomic mass is 19.4. The molecule has 3 aromatic rings. The van der Waals surface area contributed by atoms with Crippen molar-refractivity contribution in [3.05, 3.63) is 77.1 Å². The second kappa shape index (κ2) is 8.23. The largest absolute Gasteiger partial charge is 0.573 e. The molecule has 1 aliphatic heterocycles. The minimum atomic E-state index is -4.87. The first-order valence-electron chi connectivity index (χ1n) is 9.93. The van der Waals surface area contributed by atoms with E-state index in [4.69, 9.17) is 0 Å². The summed E-state index contributed by atoms with van der Waals surface area (Å²) in [6, 6.07) is 8.05.